The molecule has 0 atom stereocenters. The Morgan fingerprint density at radius 3 is 1.11 bits per heavy atom. The maximum absolute atomic E-state index is 4.99. The van der Waals surface area contributed by atoms with Gasteiger partial charge in [-0.2, -0.15) is 0 Å². The Labute approximate surface area is 256 Å². The number of hydrogen-bond donors (Lipinski definition) is 0. The first-order valence-electron chi connectivity index (χ1n) is 14.8. The third-order valence-electron chi connectivity index (χ3n) is 8.12. The van der Waals surface area contributed by atoms with Crippen LogP contribution in [-0.2, 0) is 0 Å². The molecule has 0 radical (unpaired) electrons. The molecule has 8 rings (SSSR count). The second kappa shape index (κ2) is 11.0. The molecular weight excluding hydrogens is 534 g/mol. The first-order chi connectivity index (χ1) is 21.8. The van der Waals surface area contributed by atoms with Crippen molar-refractivity contribution < 1.29 is 0 Å². The Hall–Kier alpha value is -5.93. The van der Waals surface area contributed by atoms with Gasteiger partial charge in [-0.25, -0.2) is 15.0 Å². The molecule has 0 N–H and O–H groups in total. The summed E-state index contributed by atoms with van der Waals surface area (Å²) < 4.78 is 0. The minimum atomic E-state index is 0.648. The average Bonchev–Trinajstić information content (AvgIpc) is 3.11. The van der Waals surface area contributed by atoms with Gasteiger partial charge in [0.15, 0.2) is 17.5 Å². The van der Waals surface area contributed by atoms with Crippen LogP contribution >= 0.6 is 0 Å². The predicted molar refractivity (Wildman–Crippen MR) is 182 cm³/mol. The molecule has 0 amide bonds. The monoisotopic (exact) mass is 561 g/mol. The number of aromatic nitrogens is 3. The van der Waals surface area contributed by atoms with E-state index >= 15 is 0 Å². The second-order valence-electron chi connectivity index (χ2n) is 11.0. The standard InChI is InChI=1S/C41H27N3/c1-2-8-28(9-3-1)31-14-20-33(21-15-31)39-42-40(44-41(43-39)38-25-19-30-11-5-7-13-36(30)27-38)34-22-16-32(17-23-34)37-24-18-29-10-4-6-12-35(29)26-37/h1-27H. The van der Waals surface area contributed by atoms with Crippen molar-refractivity contribution in [3.8, 4) is 56.4 Å². The summed E-state index contributed by atoms with van der Waals surface area (Å²) in [4.78, 5) is 15.0. The van der Waals surface area contributed by atoms with Crippen molar-refractivity contribution in [2.75, 3.05) is 0 Å². The number of benzene rings is 7. The number of rotatable bonds is 5. The summed E-state index contributed by atoms with van der Waals surface area (Å²) in [5.74, 6) is 1.95. The normalized spacial score (nSPS) is 11.2. The summed E-state index contributed by atoms with van der Waals surface area (Å²) >= 11 is 0. The average molecular weight is 562 g/mol. The first-order valence-corrected chi connectivity index (χ1v) is 14.8. The number of nitrogens with zero attached hydrogens (tertiary/aromatic N) is 3. The zero-order valence-corrected chi connectivity index (χ0v) is 23.9. The van der Waals surface area contributed by atoms with Crippen molar-refractivity contribution in [3.63, 3.8) is 0 Å². The van der Waals surface area contributed by atoms with Gasteiger partial charge in [0.1, 0.15) is 0 Å². The lowest BCUT2D eigenvalue weighted by molar-refractivity contribution is 1.07. The molecule has 0 aliphatic rings. The summed E-state index contributed by atoms with van der Waals surface area (Å²) in [6.07, 6.45) is 0. The Morgan fingerprint density at radius 2 is 0.568 bits per heavy atom. The molecular formula is C41H27N3. The Balaban J connectivity index is 1.21. The van der Waals surface area contributed by atoms with Gasteiger partial charge in [0.25, 0.3) is 0 Å². The Kier molecular flexibility index (Phi) is 6.47. The highest BCUT2D eigenvalue weighted by atomic mass is 15.0. The van der Waals surface area contributed by atoms with Gasteiger partial charge in [-0.05, 0) is 55.9 Å². The fraction of sp³-hybridized carbons (Fsp3) is 0. The highest BCUT2D eigenvalue weighted by Gasteiger charge is 2.13. The van der Waals surface area contributed by atoms with Crippen molar-refractivity contribution in [3.05, 3.63) is 164 Å². The quantitative estimate of drug-likeness (QED) is 0.210. The lowest BCUT2D eigenvalue weighted by atomic mass is 10.00. The van der Waals surface area contributed by atoms with Gasteiger partial charge in [0.05, 0.1) is 0 Å². The topological polar surface area (TPSA) is 38.7 Å². The molecule has 3 nitrogen and oxygen atoms in total. The molecule has 0 saturated carbocycles. The zero-order valence-electron chi connectivity index (χ0n) is 23.9. The van der Waals surface area contributed by atoms with Crippen LogP contribution in [0.25, 0.3) is 78.0 Å². The summed E-state index contributed by atoms with van der Waals surface area (Å²) in [6, 6.07) is 57.1. The van der Waals surface area contributed by atoms with Crippen molar-refractivity contribution in [1.29, 1.82) is 0 Å². The lowest BCUT2D eigenvalue weighted by Crippen LogP contribution is -2.00. The van der Waals surface area contributed by atoms with E-state index in [0.717, 1.165) is 33.2 Å². The molecule has 0 bridgehead atoms. The largest absolute Gasteiger partial charge is 0.208 e. The van der Waals surface area contributed by atoms with Gasteiger partial charge < -0.3 is 0 Å². The minimum Gasteiger partial charge on any atom is -0.208 e. The van der Waals surface area contributed by atoms with E-state index < -0.39 is 0 Å². The molecule has 206 valence electrons. The van der Waals surface area contributed by atoms with Crippen molar-refractivity contribution in [2.45, 2.75) is 0 Å². The zero-order chi connectivity index (χ0) is 29.3. The lowest BCUT2D eigenvalue weighted by Gasteiger charge is -2.10. The maximum Gasteiger partial charge on any atom is 0.164 e. The van der Waals surface area contributed by atoms with Gasteiger partial charge >= 0.3 is 0 Å². The highest BCUT2D eigenvalue weighted by Crippen LogP contribution is 2.30. The number of hydrogen-bond acceptors (Lipinski definition) is 3. The van der Waals surface area contributed by atoms with E-state index in [1.807, 2.05) is 6.07 Å². The first kappa shape index (κ1) is 25.8. The smallest absolute Gasteiger partial charge is 0.164 e. The minimum absolute atomic E-state index is 0.648. The van der Waals surface area contributed by atoms with Crippen molar-refractivity contribution in [1.82, 2.24) is 15.0 Å². The fourth-order valence-corrected chi connectivity index (χ4v) is 5.71. The van der Waals surface area contributed by atoms with Crippen LogP contribution < -0.4 is 0 Å². The highest BCUT2D eigenvalue weighted by molar-refractivity contribution is 5.88. The van der Waals surface area contributed by atoms with Gasteiger partial charge in [-0.3, -0.25) is 0 Å². The molecule has 44 heavy (non-hydrogen) atoms. The molecule has 0 aliphatic heterocycles. The fourth-order valence-electron chi connectivity index (χ4n) is 5.71. The Bertz CT molecular complexity index is 2250. The van der Waals surface area contributed by atoms with E-state index in [-0.39, 0.29) is 0 Å². The molecule has 3 heteroatoms. The predicted octanol–water partition coefficient (Wildman–Crippen LogP) is 10.5. The summed E-state index contributed by atoms with van der Waals surface area (Å²) in [6.45, 7) is 0. The third kappa shape index (κ3) is 5.01. The molecule has 1 heterocycles. The summed E-state index contributed by atoms with van der Waals surface area (Å²) in [5.41, 5.74) is 7.52. The van der Waals surface area contributed by atoms with E-state index in [0.29, 0.717) is 17.5 Å². The number of fused-ring (bicyclic) bond motifs is 2. The SMILES string of the molecule is c1ccc(-c2ccc(-c3nc(-c4ccc(-c5ccc6ccccc6c5)cc4)nc(-c4ccc5ccccc5c4)n3)cc2)cc1. The molecule has 0 saturated heterocycles. The van der Waals surface area contributed by atoms with Crippen LogP contribution in [-0.4, -0.2) is 15.0 Å². The van der Waals surface area contributed by atoms with Gasteiger partial charge in [-0.15, -0.1) is 0 Å². The van der Waals surface area contributed by atoms with Crippen molar-refractivity contribution in [2.24, 2.45) is 0 Å². The molecule has 0 aliphatic carbocycles. The molecule has 0 spiro atoms. The second-order valence-corrected chi connectivity index (χ2v) is 11.0. The summed E-state index contributed by atoms with van der Waals surface area (Å²) in [7, 11) is 0. The van der Waals surface area contributed by atoms with Crippen molar-refractivity contribution >= 4 is 21.5 Å². The van der Waals surface area contributed by atoms with E-state index in [9.17, 15) is 0 Å². The van der Waals surface area contributed by atoms with Crippen LogP contribution in [0.15, 0.2) is 164 Å². The van der Waals surface area contributed by atoms with Crippen LogP contribution in [0.3, 0.4) is 0 Å². The van der Waals surface area contributed by atoms with Gasteiger partial charge in [-0.1, -0.05) is 152 Å². The molecule has 8 aromatic rings. The van der Waals surface area contributed by atoms with Gasteiger partial charge in [0, 0.05) is 16.7 Å². The van der Waals surface area contributed by atoms with Crippen LogP contribution in [0.2, 0.25) is 0 Å². The van der Waals surface area contributed by atoms with Crippen LogP contribution in [0, 0.1) is 0 Å². The Morgan fingerprint density at radius 1 is 0.227 bits per heavy atom. The third-order valence-corrected chi connectivity index (χ3v) is 8.12. The molecule has 0 unspecified atom stereocenters. The van der Waals surface area contributed by atoms with Crippen LogP contribution in [0.1, 0.15) is 0 Å². The molecule has 1 aromatic heterocycles. The maximum atomic E-state index is 4.99. The van der Waals surface area contributed by atoms with E-state index in [1.165, 1.54) is 27.3 Å². The van der Waals surface area contributed by atoms with Crippen LogP contribution in [0.4, 0.5) is 0 Å². The summed E-state index contributed by atoms with van der Waals surface area (Å²) in [5, 5.41) is 4.81. The van der Waals surface area contributed by atoms with E-state index in [2.05, 4.69) is 158 Å². The molecule has 0 fully saturated rings. The van der Waals surface area contributed by atoms with E-state index in [1.54, 1.807) is 0 Å². The van der Waals surface area contributed by atoms with Crippen LogP contribution in [0.5, 0.6) is 0 Å². The molecule has 7 aromatic carbocycles. The van der Waals surface area contributed by atoms with E-state index in [4.69, 9.17) is 15.0 Å². The van der Waals surface area contributed by atoms with Gasteiger partial charge in [0.2, 0.25) is 0 Å².